The van der Waals surface area contributed by atoms with Crippen molar-refractivity contribution in [3.63, 3.8) is 0 Å². The van der Waals surface area contributed by atoms with Crippen LogP contribution in [0.3, 0.4) is 0 Å². The fourth-order valence-electron chi connectivity index (χ4n) is 4.41. The SMILES string of the molecule is COc1cc2nc3c(c(NC4CCN(CCO)CC4)c2cc1OC)CCOCC3. The Balaban J connectivity index is 1.72. The third kappa shape index (κ3) is 4.27. The standard InChI is InChI=1S/C22H31N3O4/c1-27-20-13-17-19(14-21(20)28-2)24-18-6-12-29-11-5-16(18)22(17)23-15-3-7-25(8-4-15)9-10-26/h13-15,26H,3-12H2,1-2H3,(H,23,24). The summed E-state index contributed by atoms with van der Waals surface area (Å²) in [6.45, 7) is 4.42. The van der Waals surface area contributed by atoms with E-state index in [4.69, 9.17) is 19.2 Å². The molecule has 2 N–H and O–H groups in total. The van der Waals surface area contributed by atoms with Crippen molar-refractivity contribution < 1.29 is 19.3 Å². The molecule has 2 aliphatic rings. The lowest BCUT2D eigenvalue weighted by molar-refractivity contribution is 0.146. The van der Waals surface area contributed by atoms with Gasteiger partial charge in [0.05, 0.1) is 39.6 Å². The highest BCUT2D eigenvalue weighted by Crippen LogP contribution is 2.38. The van der Waals surface area contributed by atoms with E-state index in [-0.39, 0.29) is 6.61 Å². The van der Waals surface area contributed by atoms with Crippen LogP contribution in [-0.2, 0) is 17.6 Å². The van der Waals surface area contributed by atoms with Gasteiger partial charge in [0.15, 0.2) is 11.5 Å². The number of anilines is 1. The molecule has 4 rings (SSSR count). The maximum absolute atomic E-state index is 9.19. The number of likely N-dealkylation sites (tertiary alicyclic amines) is 1. The van der Waals surface area contributed by atoms with Gasteiger partial charge in [-0.3, -0.25) is 4.98 Å². The molecule has 0 amide bonds. The Morgan fingerprint density at radius 3 is 2.59 bits per heavy atom. The number of hydrogen-bond donors (Lipinski definition) is 2. The van der Waals surface area contributed by atoms with Gasteiger partial charge < -0.3 is 29.5 Å². The minimum absolute atomic E-state index is 0.224. The van der Waals surface area contributed by atoms with E-state index >= 15 is 0 Å². The summed E-state index contributed by atoms with van der Waals surface area (Å²) in [7, 11) is 3.32. The molecule has 1 aromatic carbocycles. The van der Waals surface area contributed by atoms with Crippen LogP contribution in [0.1, 0.15) is 24.1 Å². The maximum atomic E-state index is 9.19. The highest BCUT2D eigenvalue weighted by atomic mass is 16.5. The van der Waals surface area contributed by atoms with Crippen LogP contribution in [0.5, 0.6) is 11.5 Å². The average Bonchev–Trinajstić information content (AvgIpc) is 2.99. The summed E-state index contributed by atoms with van der Waals surface area (Å²) in [5, 5.41) is 14.1. The number of aromatic nitrogens is 1. The van der Waals surface area contributed by atoms with Crippen LogP contribution < -0.4 is 14.8 Å². The molecule has 1 fully saturated rings. The van der Waals surface area contributed by atoms with Crippen LogP contribution in [0, 0.1) is 0 Å². The van der Waals surface area contributed by atoms with Crippen LogP contribution in [0.25, 0.3) is 10.9 Å². The van der Waals surface area contributed by atoms with Crippen molar-refractivity contribution in [3.05, 3.63) is 23.4 Å². The van der Waals surface area contributed by atoms with E-state index in [0.29, 0.717) is 24.1 Å². The second-order valence-corrected chi connectivity index (χ2v) is 7.73. The predicted molar refractivity (Wildman–Crippen MR) is 113 cm³/mol. The molecule has 7 heteroatoms. The number of ether oxygens (including phenoxy) is 3. The zero-order valence-electron chi connectivity index (χ0n) is 17.4. The van der Waals surface area contributed by atoms with Crippen LogP contribution in [0.15, 0.2) is 12.1 Å². The largest absolute Gasteiger partial charge is 0.493 e. The normalized spacial score (nSPS) is 18.3. The van der Waals surface area contributed by atoms with Crippen molar-refractivity contribution >= 4 is 16.6 Å². The summed E-state index contributed by atoms with van der Waals surface area (Å²) >= 11 is 0. The molecule has 2 aliphatic heterocycles. The van der Waals surface area contributed by atoms with Crippen molar-refractivity contribution in [1.82, 2.24) is 9.88 Å². The topological polar surface area (TPSA) is 76.1 Å². The molecule has 0 aliphatic carbocycles. The van der Waals surface area contributed by atoms with Crippen molar-refractivity contribution in [2.24, 2.45) is 0 Å². The molecule has 0 radical (unpaired) electrons. The lowest BCUT2D eigenvalue weighted by Gasteiger charge is -2.33. The van der Waals surface area contributed by atoms with Gasteiger partial charge in [-0.1, -0.05) is 0 Å². The number of fused-ring (bicyclic) bond motifs is 2. The van der Waals surface area contributed by atoms with E-state index < -0.39 is 0 Å². The number of aliphatic hydroxyl groups excluding tert-OH is 1. The number of piperidine rings is 1. The third-order valence-corrected chi connectivity index (χ3v) is 6.01. The van der Waals surface area contributed by atoms with Crippen molar-refractivity contribution in [3.8, 4) is 11.5 Å². The van der Waals surface area contributed by atoms with Gasteiger partial charge >= 0.3 is 0 Å². The number of methoxy groups -OCH3 is 2. The summed E-state index contributed by atoms with van der Waals surface area (Å²) in [4.78, 5) is 7.28. The van der Waals surface area contributed by atoms with Gasteiger partial charge in [-0.2, -0.15) is 0 Å². The van der Waals surface area contributed by atoms with Crippen molar-refractivity contribution in [2.75, 3.05) is 59.0 Å². The first-order valence-corrected chi connectivity index (χ1v) is 10.5. The first-order valence-electron chi connectivity index (χ1n) is 10.5. The van der Waals surface area contributed by atoms with Gasteiger partial charge in [-0.15, -0.1) is 0 Å². The Morgan fingerprint density at radius 2 is 1.86 bits per heavy atom. The molecular weight excluding hydrogens is 370 g/mol. The highest BCUT2D eigenvalue weighted by Gasteiger charge is 2.24. The predicted octanol–water partition coefficient (Wildman–Crippen LogP) is 2.24. The molecule has 1 aromatic heterocycles. The minimum atomic E-state index is 0.224. The molecule has 1 saturated heterocycles. The monoisotopic (exact) mass is 401 g/mol. The van der Waals surface area contributed by atoms with Gasteiger partial charge in [0, 0.05) is 54.9 Å². The zero-order valence-corrected chi connectivity index (χ0v) is 17.4. The van der Waals surface area contributed by atoms with Gasteiger partial charge in [0.25, 0.3) is 0 Å². The Labute approximate surface area is 172 Å². The van der Waals surface area contributed by atoms with E-state index in [1.165, 1.54) is 5.56 Å². The first kappa shape index (κ1) is 20.2. The zero-order chi connectivity index (χ0) is 20.2. The molecule has 0 saturated carbocycles. The summed E-state index contributed by atoms with van der Waals surface area (Å²) < 4.78 is 16.8. The maximum Gasteiger partial charge on any atom is 0.162 e. The number of rotatable bonds is 6. The van der Waals surface area contributed by atoms with E-state index in [0.717, 1.165) is 74.2 Å². The second kappa shape index (κ2) is 9.15. The summed E-state index contributed by atoms with van der Waals surface area (Å²) in [6, 6.07) is 4.41. The number of pyridine rings is 1. The number of nitrogens with one attached hydrogen (secondary N) is 1. The summed E-state index contributed by atoms with van der Waals surface area (Å²) in [6.07, 6.45) is 3.80. The number of hydrogen-bond acceptors (Lipinski definition) is 7. The molecule has 7 nitrogen and oxygen atoms in total. The first-order chi connectivity index (χ1) is 14.2. The third-order valence-electron chi connectivity index (χ3n) is 6.01. The van der Waals surface area contributed by atoms with E-state index in [2.05, 4.69) is 10.2 Å². The Bertz CT molecular complexity index is 850. The molecule has 2 aromatic rings. The van der Waals surface area contributed by atoms with Gasteiger partial charge in [-0.05, 0) is 30.9 Å². The lowest BCUT2D eigenvalue weighted by atomic mass is 9.98. The van der Waals surface area contributed by atoms with Crippen LogP contribution >= 0.6 is 0 Å². The lowest BCUT2D eigenvalue weighted by Crippen LogP contribution is -2.40. The minimum Gasteiger partial charge on any atom is -0.493 e. The molecule has 0 spiro atoms. The fourth-order valence-corrected chi connectivity index (χ4v) is 4.41. The smallest absolute Gasteiger partial charge is 0.162 e. The average molecular weight is 402 g/mol. The van der Waals surface area contributed by atoms with Crippen molar-refractivity contribution in [2.45, 2.75) is 31.7 Å². The summed E-state index contributed by atoms with van der Waals surface area (Å²) in [5.41, 5.74) is 4.46. The van der Waals surface area contributed by atoms with E-state index in [9.17, 15) is 5.11 Å². The van der Waals surface area contributed by atoms with E-state index in [1.807, 2.05) is 12.1 Å². The van der Waals surface area contributed by atoms with Crippen LogP contribution in [0.4, 0.5) is 5.69 Å². The Kier molecular flexibility index (Phi) is 6.37. The van der Waals surface area contributed by atoms with Crippen LogP contribution in [0.2, 0.25) is 0 Å². The number of aliphatic hydroxyl groups is 1. The van der Waals surface area contributed by atoms with Gasteiger partial charge in [-0.25, -0.2) is 0 Å². The van der Waals surface area contributed by atoms with Gasteiger partial charge in [0.2, 0.25) is 0 Å². The Morgan fingerprint density at radius 1 is 1.14 bits per heavy atom. The van der Waals surface area contributed by atoms with E-state index in [1.54, 1.807) is 14.2 Å². The molecule has 0 atom stereocenters. The number of benzene rings is 1. The molecule has 29 heavy (non-hydrogen) atoms. The quantitative estimate of drug-likeness (QED) is 0.769. The molecule has 0 unspecified atom stereocenters. The molecule has 0 bridgehead atoms. The van der Waals surface area contributed by atoms with Crippen molar-refractivity contribution in [1.29, 1.82) is 0 Å². The Hall–Kier alpha value is -2.09. The molecule has 158 valence electrons. The molecule has 3 heterocycles. The number of nitrogens with zero attached hydrogens (tertiary/aromatic N) is 2. The van der Waals surface area contributed by atoms with Crippen LogP contribution in [-0.4, -0.2) is 74.7 Å². The molecular formula is C22H31N3O4. The summed E-state index contributed by atoms with van der Waals surface area (Å²) in [5.74, 6) is 1.41. The van der Waals surface area contributed by atoms with Gasteiger partial charge in [0.1, 0.15) is 0 Å². The highest BCUT2D eigenvalue weighted by molar-refractivity contribution is 5.96. The second-order valence-electron chi connectivity index (χ2n) is 7.73. The fraction of sp³-hybridized carbons (Fsp3) is 0.591. The number of β-amino-alcohol motifs (C(OH)–C–C–N with tert-alkyl or cyclic N) is 1.